The second-order valence-electron chi connectivity index (χ2n) is 6.83. The lowest BCUT2D eigenvalue weighted by Crippen LogP contribution is -2.37. The Hall–Kier alpha value is -2.91. The molecule has 150 valence electrons. The van der Waals surface area contributed by atoms with E-state index in [9.17, 15) is 4.79 Å². The summed E-state index contributed by atoms with van der Waals surface area (Å²) in [5.74, 6) is 1.88. The van der Waals surface area contributed by atoms with Crippen LogP contribution >= 0.6 is 11.3 Å². The quantitative estimate of drug-likeness (QED) is 0.708. The maximum atomic E-state index is 12.9. The van der Waals surface area contributed by atoms with Crippen molar-refractivity contribution in [2.75, 3.05) is 49.7 Å². The largest absolute Gasteiger partial charge is 0.486 e. The topological polar surface area (TPSA) is 85.8 Å². The number of thiophene rings is 1. The zero-order valence-corrected chi connectivity index (χ0v) is 16.8. The molecule has 4 heterocycles. The van der Waals surface area contributed by atoms with Gasteiger partial charge in [-0.1, -0.05) is 0 Å². The molecule has 1 aromatic carbocycles. The van der Waals surface area contributed by atoms with E-state index in [2.05, 4.69) is 27.1 Å². The summed E-state index contributed by atoms with van der Waals surface area (Å²) in [6.45, 7) is 5.84. The van der Waals surface area contributed by atoms with Crippen molar-refractivity contribution in [2.24, 2.45) is 0 Å². The fourth-order valence-electron chi connectivity index (χ4n) is 3.51. The minimum Gasteiger partial charge on any atom is -0.486 e. The number of aryl methyl sites for hydroxylation is 1. The number of hydrogen-bond donors (Lipinski definition) is 1. The van der Waals surface area contributed by atoms with Crippen LogP contribution in [0, 0.1) is 6.92 Å². The molecular formula is C20H20N4O4S. The van der Waals surface area contributed by atoms with Crippen LogP contribution in [0.15, 0.2) is 23.6 Å². The van der Waals surface area contributed by atoms with Crippen LogP contribution in [0.3, 0.4) is 0 Å². The van der Waals surface area contributed by atoms with Crippen LogP contribution in [0.2, 0.25) is 0 Å². The number of rotatable bonds is 3. The van der Waals surface area contributed by atoms with Crippen molar-refractivity contribution in [3.8, 4) is 11.5 Å². The first kappa shape index (κ1) is 18.1. The van der Waals surface area contributed by atoms with Crippen LogP contribution < -0.4 is 19.7 Å². The Morgan fingerprint density at radius 2 is 1.90 bits per heavy atom. The first-order valence-electron chi connectivity index (χ1n) is 9.48. The number of amides is 1. The van der Waals surface area contributed by atoms with E-state index in [1.165, 1.54) is 0 Å². The van der Waals surface area contributed by atoms with E-state index < -0.39 is 0 Å². The molecule has 8 nitrogen and oxygen atoms in total. The molecule has 2 aliphatic heterocycles. The fourth-order valence-corrected chi connectivity index (χ4v) is 4.28. The Morgan fingerprint density at radius 3 is 2.72 bits per heavy atom. The molecule has 9 heteroatoms. The summed E-state index contributed by atoms with van der Waals surface area (Å²) >= 11 is 1.61. The maximum Gasteiger partial charge on any atom is 0.293 e. The van der Waals surface area contributed by atoms with Crippen LogP contribution in [0.1, 0.15) is 15.5 Å². The van der Waals surface area contributed by atoms with Gasteiger partial charge in [0.2, 0.25) is 5.82 Å². The van der Waals surface area contributed by atoms with E-state index in [1.54, 1.807) is 29.5 Å². The van der Waals surface area contributed by atoms with Crippen molar-refractivity contribution in [2.45, 2.75) is 6.92 Å². The third-order valence-corrected chi connectivity index (χ3v) is 5.83. The van der Waals surface area contributed by atoms with Gasteiger partial charge in [-0.15, -0.1) is 11.3 Å². The van der Waals surface area contributed by atoms with Crippen molar-refractivity contribution in [3.05, 3.63) is 34.3 Å². The standard InChI is InChI=1S/C20H20N4O4S/c1-12-17-14(11-29-12)22-18(23-19(17)24-4-6-26-7-5-24)20(25)21-13-2-3-15-16(10-13)28-9-8-27-15/h2-3,10-11H,4-9H2,1H3,(H,21,25). The van der Waals surface area contributed by atoms with E-state index in [-0.39, 0.29) is 11.7 Å². The zero-order chi connectivity index (χ0) is 19.8. The number of hydrogen-bond acceptors (Lipinski definition) is 8. The Labute approximate surface area is 171 Å². The smallest absolute Gasteiger partial charge is 0.293 e. The highest BCUT2D eigenvalue weighted by atomic mass is 32.1. The number of nitrogens with zero attached hydrogens (tertiary/aromatic N) is 3. The van der Waals surface area contributed by atoms with Crippen molar-refractivity contribution >= 4 is 39.7 Å². The average molecular weight is 412 g/mol. The number of nitrogens with one attached hydrogen (secondary N) is 1. The minimum absolute atomic E-state index is 0.145. The molecular weight excluding hydrogens is 392 g/mol. The molecule has 1 amide bonds. The Kier molecular flexibility index (Phi) is 4.69. The monoisotopic (exact) mass is 412 g/mol. The van der Waals surface area contributed by atoms with Crippen molar-refractivity contribution in [1.82, 2.24) is 9.97 Å². The summed E-state index contributed by atoms with van der Waals surface area (Å²) in [6.07, 6.45) is 0. The molecule has 1 fully saturated rings. The number of anilines is 2. The zero-order valence-electron chi connectivity index (χ0n) is 15.9. The van der Waals surface area contributed by atoms with Crippen molar-refractivity contribution < 1.29 is 19.0 Å². The summed E-state index contributed by atoms with van der Waals surface area (Å²) in [7, 11) is 0. The number of morpholine rings is 1. The molecule has 0 radical (unpaired) electrons. The van der Waals surface area contributed by atoms with E-state index in [1.807, 2.05) is 5.38 Å². The normalized spacial score (nSPS) is 16.1. The molecule has 2 aromatic heterocycles. The third kappa shape index (κ3) is 3.47. The molecule has 3 aromatic rings. The van der Waals surface area contributed by atoms with Crippen LogP contribution in [-0.4, -0.2) is 55.4 Å². The van der Waals surface area contributed by atoms with Gasteiger partial charge in [0.1, 0.15) is 19.0 Å². The van der Waals surface area contributed by atoms with Crippen LogP contribution in [0.25, 0.3) is 10.9 Å². The van der Waals surface area contributed by atoms with Gasteiger partial charge in [-0.05, 0) is 19.1 Å². The molecule has 0 unspecified atom stereocenters. The van der Waals surface area contributed by atoms with E-state index >= 15 is 0 Å². The number of ether oxygens (including phenoxy) is 3. The van der Waals surface area contributed by atoms with E-state index in [0.29, 0.717) is 43.6 Å². The highest BCUT2D eigenvalue weighted by molar-refractivity contribution is 7.11. The van der Waals surface area contributed by atoms with Gasteiger partial charge < -0.3 is 24.4 Å². The van der Waals surface area contributed by atoms with Crippen LogP contribution in [0.5, 0.6) is 11.5 Å². The SMILES string of the molecule is Cc1scc2nc(C(=O)Nc3ccc4c(c3)OCCO4)nc(N3CCOCC3)c12. The van der Waals surface area contributed by atoms with Gasteiger partial charge in [0.05, 0.1) is 24.1 Å². The molecule has 5 rings (SSSR count). The molecule has 0 spiro atoms. The molecule has 0 aliphatic carbocycles. The van der Waals surface area contributed by atoms with Crippen LogP contribution in [-0.2, 0) is 4.74 Å². The molecule has 29 heavy (non-hydrogen) atoms. The number of aromatic nitrogens is 2. The summed E-state index contributed by atoms with van der Waals surface area (Å²) in [5.41, 5.74) is 1.40. The summed E-state index contributed by atoms with van der Waals surface area (Å²) in [5, 5.41) is 5.85. The second kappa shape index (κ2) is 7.49. The van der Waals surface area contributed by atoms with Gasteiger partial charge in [0, 0.05) is 35.1 Å². The third-order valence-electron chi connectivity index (χ3n) is 4.93. The lowest BCUT2D eigenvalue weighted by Gasteiger charge is -2.28. The van der Waals surface area contributed by atoms with E-state index in [0.717, 1.165) is 34.7 Å². The summed E-state index contributed by atoms with van der Waals surface area (Å²) < 4.78 is 16.6. The highest BCUT2D eigenvalue weighted by Gasteiger charge is 2.22. The van der Waals surface area contributed by atoms with Gasteiger partial charge >= 0.3 is 0 Å². The van der Waals surface area contributed by atoms with Gasteiger partial charge in [0.25, 0.3) is 5.91 Å². The Balaban J connectivity index is 1.47. The Morgan fingerprint density at radius 1 is 1.10 bits per heavy atom. The fraction of sp³-hybridized carbons (Fsp3) is 0.350. The minimum atomic E-state index is -0.359. The number of carbonyl (C=O) groups excluding carboxylic acids is 1. The Bertz CT molecular complexity index is 1080. The van der Waals surface area contributed by atoms with Crippen molar-refractivity contribution in [3.63, 3.8) is 0 Å². The predicted octanol–water partition coefficient (Wildman–Crippen LogP) is 2.86. The number of carbonyl (C=O) groups is 1. The molecule has 1 saturated heterocycles. The highest BCUT2D eigenvalue weighted by Crippen LogP contribution is 2.34. The molecule has 0 atom stereocenters. The molecule has 2 aliphatic rings. The first-order valence-corrected chi connectivity index (χ1v) is 10.4. The number of benzene rings is 1. The maximum absolute atomic E-state index is 12.9. The molecule has 0 saturated carbocycles. The van der Waals surface area contributed by atoms with Gasteiger partial charge in [0.15, 0.2) is 11.5 Å². The van der Waals surface area contributed by atoms with E-state index in [4.69, 9.17) is 14.2 Å². The van der Waals surface area contributed by atoms with Gasteiger partial charge in [-0.2, -0.15) is 0 Å². The predicted molar refractivity (Wildman–Crippen MR) is 111 cm³/mol. The van der Waals surface area contributed by atoms with Crippen molar-refractivity contribution in [1.29, 1.82) is 0 Å². The lowest BCUT2D eigenvalue weighted by atomic mass is 10.2. The average Bonchev–Trinajstić information content (AvgIpc) is 3.14. The van der Waals surface area contributed by atoms with Crippen LogP contribution in [0.4, 0.5) is 11.5 Å². The lowest BCUT2D eigenvalue weighted by molar-refractivity contribution is 0.101. The van der Waals surface area contributed by atoms with Gasteiger partial charge in [-0.25, -0.2) is 9.97 Å². The van der Waals surface area contributed by atoms with Gasteiger partial charge in [-0.3, -0.25) is 4.79 Å². The number of fused-ring (bicyclic) bond motifs is 2. The first-order chi connectivity index (χ1) is 14.2. The molecule has 1 N–H and O–H groups in total. The summed E-state index contributed by atoms with van der Waals surface area (Å²) in [4.78, 5) is 25.4. The summed E-state index contributed by atoms with van der Waals surface area (Å²) in [6, 6.07) is 5.32. The molecule has 0 bridgehead atoms. The second-order valence-corrected chi connectivity index (χ2v) is 7.92.